The summed E-state index contributed by atoms with van der Waals surface area (Å²) >= 11 is 1.43. The van der Waals surface area contributed by atoms with Gasteiger partial charge in [0.15, 0.2) is 0 Å². The second-order valence-electron chi connectivity index (χ2n) is 5.55. The summed E-state index contributed by atoms with van der Waals surface area (Å²) in [6.07, 6.45) is 2.85. The van der Waals surface area contributed by atoms with Crippen LogP contribution in [0.4, 0.5) is 5.69 Å². The van der Waals surface area contributed by atoms with Crippen LogP contribution in [-0.2, 0) is 16.0 Å². The number of rotatable bonds is 6. The van der Waals surface area contributed by atoms with Gasteiger partial charge in [-0.15, -0.1) is 11.3 Å². The van der Waals surface area contributed by atoms with Gasteiger partial charge >= 0.3 is 5.97 Å². The Balaban J connectivity index is 1.63. The SMILES string of the molecule is C[C@@H](OC(=O)Cc1csc(-c2cccnc2)n1)c1cccc([N+](=O)[O-])c1. The zero-order valence-corrected chi connectivity index (χ0v) is 14.7. The molecule has 0 fully saturated rings. The maximum atomic E-state index is 12.2. The summed E-state index contributed by atoms with van der Waals surface area (Å²) in [6, 6.07) is 9.78. The van der Waals surface area contributed by atoms with Gasteiger partial charge in [-0.05, 0) is 24.6 Å². The van der Waals surface area contributed by atoms with Gasteiger partial charge in [0.1, 0.15) is 11.1 Å². The van der Waals surface area contributed by atoms with Crippen molar-refractivity contribution >= 4 is 23.0 Å². The molecule has 1 aromatic carbocycles. The molecule has 2 heterocycles. The molecule has 26 heavy (non-hydrogen) atoms. The Bertz CT molecular complexity index is 927. The van der Waals surface area contributed by atoms with Crippen LogP contribution in [0, 0.1) is 10.1 Å². The lowest BCUT2D eigenvalue weighted by atomic mass is 10.1. The van der Waals surface area contributed by atoms with Crippen molar-refractivity contribution in [3.8, 4) is 10.6 Å². The van der Waals surface area contributed by atoms with E-state index < -0.39 is 17.0 Å². The maximum absolute atomic E-state index is 12.2. The second kappa shape index (κ2) is 7.83. The Morgan fingerprint density at radius 2 is 2.19 bits per heavy atom. The van der Waals surface area contributed by atoms with Gasteiger partial charge < -0.3 is 4.74 Å². The number of non-ortho nitro benzene ring substituents is 1. The average Bonchev–Trinajstić information content (AvgIpc) is 3.10. The van der Waals surface area contributed by atoms with Gasteiger partial charge in [-0.1, -0.05) is 12.1 Å². The lowest BCUT2D eigenvalue weighted by Gasteiger charge is -2.13. The molecular weight excluding hydrogens is 354 g/mol. The third-order valence-electron chi connectivity index (χ3n) is 3.64. The third kappa shape index (κ3) is 4.28. The minimum Gasteiger partial charge on any atom is -0.457 e. The van der Waals surface area contributed by atoms with Gasteiger partial charge in [-0.3, -0.25) is 19.9 Å². The highest BCUT2D eigenvalue weighted by Crippen LogP contribution is 2.24. The lowest BCUT2D eigenvalue weighted by molar-refractivity contribution is -0.385. The predicted molar refractivity (Wildman–Crippen MR) is 96.7 cm³/mol. The van der Waals surface area contributed by atoms with Crippen molar-refractivity contribution in [1.29, 1.82) is 0 Å². The zero-order valence-electron chi connectivity index (χ0n) is 13.9. The Morgan fingerprint density at radius 1 is 1.35 bits per heavy atom. The number of ether oxygens (including phenoxy) is 1. The van der Waals surface area contributed by atoms with Crippen LogP contribution in [-0.4, -0.2) is 20.9 Å². The number of thiazole rings is 1. The highest BCUT2D eigenvalue weighted by molar-refractivity contribution is 7.13. The number of carbonyl (C=O) groups excluding carboxylic acids is 1. The first-order chi connectivity index (χ1) is 12.5. The van der Waals surface area contributed by atoms with E-state index in [2.05, 4.69) is 9.97 Å². The van der Waals surface area contributed by atoms with Crippen molar-refractivity contribution in [3.63, 3.8) is 0 Å². The molecule has 0 bridgehead atoms. The monoisotopic (exact) mass is 369 g/mol. The van der Waals surface area contributed by atoms with Gasteiger partial charge in [0.05, 0.1) is 17.0 Å². The third-order valence-corrected chi connectivity index (χ3v) is 4.58. The number of nitro benzene ring substituents is 1. The van der Waals surface area contributed by atoms with Crippen LogP contribution in [0.1, 0.15) is 24.3 Å². The number of hydrogen-bond acceptors (Lipinski definition) is 7. The average molecular weight is 369 g/mol. The van der Waals surface area contributed by atoms with Crippen LogP contribution in [0.3, 0.4) is 0 Å². The lowest BCUT2D eigenvalue weighted by Crippen LogP contribution is -2.11. The minimum atomic E-state index is -0.584. The maximum Gasteiger partial charge on any atom is 0.312 e. The number of nitro groups is 1. The number of carbonyl (C=O) groups is 1. The standard InChI is InChI=1S/C18H15N3O4S/c1-12(13-4-2-6-16(8-13)21(23)24)25-17(22)9-15-11-26-18(20-15)14-5-3-7-19-10-14/h2-8,10-12H,9H2,1H3/t12-/m1/s1. The quantitative estimate of drug-likeness (QED) is 0.371. The first-order valence-corrected chi connectivity index (χ1v) is 8.69. The largest absolute Gasteiger partial charge is 0.457 e. The van der Waals surface area contributed by atoms with Crippen molar-refractivity contribution in [2.24, 2.45) is 0 Å². The topological polar surface area (TPSA) is 95.2 Å². The Kier molecular flexibility index (Phi) is 5.33. The Labute approximate surface area is 153 Å². The smallest absolute Gasteiger partial charge is 0.312 e. The predicted octanol–water partition coefficient (Wildman–Crippen LogP) is 3.96. The first-order valence-electron chi connectivity index (χ1n) is 7.81. The van der Waals surface area contributed by atoms with Crippen molar-refractivity contribution in [3.05, 3.63) is 75.5 Å². The summed E-state index contributed by atoms with van der Waals surface area (Å²) in [5.74, 6) is -0.438. The molecule has 0 unspecified atom stereocenters. The second-order valence-corrected chi connectivity index (χ2v) is 6.40. The molecule has 0 aliphatic heterocycles. The molecule has 0 N–H and O–H groups in total. The molecule has 0 spiro atoms. The van der Waals surface area contributed by atoms with E-state index in [1.165, 1.54) is 23.5 Å². The summed E-state index contributed by atoms with van der Waals surface area (Å²) in [6.45, 7) is 1.68. The molecule has 0 saturated carbocycles. The van der Waals surface area contributed by atoms with E-state index in [1.54, 1.807) is 31.5 Å². The van der Waals surface area contributed by atoms with E-state index in [9.17, 15) is 14.9 Å². The van der Waals surface area contributed by atoms with Crippen LogP contribution in [0.25, 0.3) is 10.6 Å². The molecule has 3 aromatic rings. The van der Waals surface area contributed by atoms with Crippen LogP contribution < -0.4 is 0 Å². The summed E-state index contributed by atoms with van der Waals surface area (Å²) in [5, 5.41) is 13.4. The molecule has 0 amide bonds. The van der Waals surface area contributed by atoms with E-state index >= 15 is 0 Å². The van der Waals surface area contributed by atoms with E-state index in [4.69, 9.17) is 4.74 Å². The highest BCUT2D eigenvalue weighted by Gasteiger charge is 2.16. The van der Waals surface area contributed by atoms with E-state index in [0.29, 0.717) is 11.3 Å². The summed E-state index contributed by atoms with van der Waals surface area (Å²) in [4.78, 5) is 31.0. The van der Waals surface area contributed by atoms with E-state index in [-0.39, 0.29) is 12.1 Å². The van der Waals surface area contributed by atoms with Gasteiger partial charge in [-0.2, -0.15) is 0 Å². The molecular formula is C18H15N3O4S. The van der Waals surface area contributed by atoms with Crippen LogP contribution in [0.2, 0.25) is 0 Å². The van der Waals surface area contributed by atoms with Gasteiger partial charge in [0, 0.05) is 35.5 Å². The van der Waals surface area contributed by atoms with E-state index in [0.717, 1.165) is 10.6 Å². The van der Waals surface area contributed by atoms with Crippen LogP contribution in [0.15, 0.2) is 54.2 Å². The molecule has 8 heteroatoms. The number of hydrogen-bond donors (Lipinski definition) is 0. The molecule has 0 aliphatic carbocycles. The van der Waals surface area contributed by atoms with Gasteiger partial charge in [0.2, 0.25) is 0 Å². The van der Waals surface area contributed by atoms with Crippen LogP contribution in [0.5, 0.6) is 0 Å². The molecule has 2 aromatic heterocycles. The molecule has 132 valence electrons. The molecule has 0 radical (unpaired) electrons. The number of aromatic nitrogens is 2. The highest BCUT2D eigenvalue weighted by atomic mass is 32.1. The molecule has 3 rings (SSSR count). The first kappa shape index (κ1) is 17.7. The summed E-state index contributed by atoms with van der Waals surface area (Å²) in [7, 11) is 0. The minimum absolute atomic E-state index is 0.0361. The van der Waals surface area contributed by atoms with Gasteiger partial charge in [0.25, 0.3) is 5.69 Å². The molecule has 7 nitrogen and oxygen atoms in total. The zero-order chi connectivity index (χ0) is 18.5. The van der Waals surface area contributed by atoms with Crippen molar-refractivity contribution in [2.75, 3.05) is 0 Å². The fraction of sp³-hybridized carbons (Fsp3) is 0.167. The van der Waals surface area contributed by atoms with E-state index in [1.807, 2.05) is 17.5 Å². The van der Waals surface area contributed by atoms with Crippen molar-refractivity contribution in [1.82, 2.24) is 9.97 Å². The fourth-order valence-electron chi connectivity index (χ4n) is 2.36. The normalized spacial score (nSPS) is 11.7. The summed E-state index contributed by atoms with van der Waals surface area (Å²) in [5.41, 5.74) is 2.04. The molecule has 0 saturated heterocycles. The molecule has 1 atom stereocenters. The van der Waals surface area contributed by atoms with Crippen molar-refractivity contribution < 1.29 is 14.5 Å². The molecule has 0 aliphatic rings. The van der Waals surface area contributed by atoms with Crippen LogP contribution >= 0.6 is 11.3 Å². The fourth-order valence-corrected chi connectivity index (χ4v) is 3.17. The number of pyridine rings is 1. The number of nitrogens with zero attached hydrogens (tertiary/aromatic N) is 3. The Hall–Kier alpha value is -3.13. The Morgan fingerprint density at radius 3 is 2.92 bits per heavy atom. The van der Waals surface area contributed by atoms with Crippen molar-refractivity contribution in [2.45, 2.75) is 19.4 Å². The number of esters is 1. The van der Waals surface area contributed by atoms with Gasteiger partial charge in [-0.25, -0.2) is 4.98 Å². The summed E-state index contributed by atoms with van der Waals surface area (Å²) < 4.78 is 5.38. The number of benzene rings is 1.